The lowest BCUT2D eigenvalue weighted by molar-refractivity contribution is -0.126. The molecular formula is C22H27FN2O3S. The Labute approximate surface area is 172 Å². The van der Waals surface area contributed by atoms with E-state index in [9.17, 15) is 17.6 Å². The molecule has 0 saturated carbocycles. The third kappa shape index (κ3) is 4.85. The molecule has 2 unspecified atom stereocenters. The fourth-order valence-electron chi connectivity index (χ4n) is 3.58. The number of nitrogens with zero attached hydrogens (tertiary/aromatic N) is 1. The van der Waals surface area contributed by atoms with E-state index in [1.807, 2.05) is 32.9 Å². The van der Waals surface area contributed by atoms with Crippen LogP contribution in [0.5, 0.6) is 0 Å². The Hall–Kier alpha value is -2.25. The summed E-state index contributed by atoms with van der Waals surface area (Å²) in [4.78, 5) is 12.9. The minimum Gasteiger partial charge on any atom is -0.349 e. The van der Waals surface area contributed by atoms with Gasteiger partial charge in [-0.05, 0) is 74.6 Å². The van der Waals surface area contributed by atoms with E-state index in [4.69, 9.17) is 0 Å². The largest absolute Gasteiger partial charge is 0.349 e. The maximum Gasteiger partial charge on any atom is 0.243 e. The molecule has 1 heterocycles. The average Bonchev–Trinajstić information content (AvgIpc) is 2.70. The van der Waals surface area contributed by atoms with Crippen LogP contribution in [0.1, 0.15) is 42.5 Å². The second-order valence-corrected chi connectivity index (χ2v) is 9.67. The van der Waals surface area contributed by atoms with Gasteiger partial charge in [-0.2, -0.15) is 4.31 Å². The third-order valence-corrected chi connectivity index (χ3v) is 7.48. The van der Waals surface area contributed by atoms with E-state index in [0.717, 1.165) is 23.3 Å². The van der Waals surface area contributed by atoms with Crippen LogP contribution in [-0.4, -0.2) is 31.7 Å². The van der Waals surface area contributed by atoms with Crippen molar-refractivity contribution in [3.8, 4) is 0 Å². The molecule has 2 aromatic rings. The second-order valence-electron chi connectivity index (χ2n) is 7.73. The van der Waals surface area contributed by atoms with Crippen molar-refractivity contribution in [1.29, 1.82) is 0 Å². The Morgan fingerprint density at radius 1 is 1.14 bits per heavy atom. The van der Waals surface area contributed by atoms with Crippen LogP contribution in [0.2, 0.25) is 0 Å². The second kappa shape index (κ2) is 8.63. The van der Waals surface area contributed by atoms with Crippen molar-refractivity contribution in [1.82, 2.24) is 9.62 Å². The summed E-state index contributed by atoms with van der Waals surface area (Å²) in [5.41, 5.74) is 3.38. The molecule has 0 spiro atoms. The molecule has 29 heavy (non-hydrogen) atoms. The fourth-order valence-corrected chi connectivity index (χ4v) is 5.10. The van der Waals surface area contributed by atoms with Crippen molar-refractivity contribution in [3.05, 3.63) is 65.0 Å². The number of nitrogens with one attached hydrogen (secondary N) is 1. The third-order valence-electron chi connectivity index (χ3n) is 5.60. The summed E-state index contributed by atoms with van der Waals surface area (Å²) in [5.74, 6) is -1.04. The molecule has 7 heteroatoms. The van der Waals surface area contributed by atoms with Gasteiger partial charge in [0.25, 0.3) is 0 Å². The highest BCUT2D eigenvalue weighted by molar-refractivity contribution is 7.89. The van der Waals surface area contributed by atoms with Gasteiger partial charge in [0, 0.05) is 13.1 Å². The van der Waals surface area contributed by atoms with E-state index in [1.165, 1.54) is 22.0 Å². The molecule has 1 aliphatic rings. The van der Waals surface area contributed by atoms with Crippen LogP contribution in [0.4, 0.5) is 4.39 Å². The molecule has 2 atom stereocenters. The first-order valence-corrected chi connectivity index (χ1v) is 11.3. The van der Waals surface area contributed by atoms with Gasteiger partial charge in [-0.3, -0.25) is 4.79 Å². The molecule has 1 saturated heterocycles. The monoisotopic (exact) mass is 418 g/mol. The zero-order chi connectivity index (χ0) is 21.2. The van der Waals surface area contributed by atoms with Gasteiger partial charge in [-0.15, -0.1) is 0 Å². The SMILES string of the molecule is Cc1ccc(C(C)NC(=O)C2CCCN(S(=O)(=O)c3ccc(F)cc3)C2)cc1C. The first-order chi connectivity index (χ1) is 13.7. The predicted molar refractivity (Wildman–Crippen MR) is 110 cm³/mol. The molecule has 0 aromatic heterocycles. The van der Waals surface area contributed by atoms with Gasteiger partial charge >= 0.3 is 0 Å². The molecule has 1 aliphatic heterocycles. The number of aryl methyl sites for hydroxylation is 2. The van der Waals surface area contributed by atoms with Gasteiger partial charge in [-0.1, -0.05) is 18.2 Å². The lowest BCUT2D eigenvalue weighted by Gasteiger charge is -2.32. The summed E-state index contributed by atoms with van der Waals surface area (Å²) < 4.78 is 40.2. The normalized spacial score (nSPS) is 19.0. The van der Waals surface area contributed by atoms with Crippen molar-refractivity contribution in [2.75, 3.05) is 13.1 Å². The fraction of sp³-hybridized carbons (Fsp3) is 0.409. The van der Waals surface area contributed by atoms with E-state index < -0.39 is 21.8 Å². The predicted octanol–water partition coefficient (Wildman–Crippen LogP) is 3.72. The number of carbonyl (C=O) groups excluding carboxylic acids is 1. The highest BCUT2D eigenvalue weighted by Gasteiger charge is 2.33. The number of hydrogen-bond acceptors (Lipinski definition) is 3. The molecule has 5 nitrogen and oxygen atoms in total. The zero-order valence-corrected chi connectivity index (χ0v) is 17.8. The van der Waals surface area contributed by atoms with E-state index in [2.05, 4.69) is 11.4 Å². The van der Waals surface area contributed by atoms with Gasteiger partial charge in [0.1, 0.15) is 5.82 Å². The van der Waals surface area contributed by atoms with Crippen LogP contribution >= 0.6 is 0 Å². The molecule has 1 N–H and O–H groups in total. The Bertz CT molecular complexity index is 990. The standard InChI is InChI=1S/C22H27FN2O3S/c1-15-6-7-18(13-16(15)2)17(3)24-22(26)19-5-4-12-25(14-19)29(27,28)21-10-8-20(23)9-11-21/h6-11,13,17,19H,4-5,12,14H2,1-3H3,(H,24,26). The molecule has 156 valence electrons. The molecule has 1 amide bonds. The van der Waals surface area contributed by atoms with Gasteiger partial charge in [-0.25, -0.2) is 12.8 Å². The summed E-state index contributed by atoms with van der Waals surface area (Å²) in [6.45, 7) is 6.49. The van der Waals surface area contributed by atoms with Crippen molar-refractivity contribution in [3.63, 3.8) is 0 Å². The van der Waals surface area contributed by atoms with E-state index >= 15 is 0 Å². The van der Waals surface area contributed by atoms with Crippen LogP contribution in [0.25, 0.3) is 0 Å². The lowest BCUT2D eigenvalue weighted by atomic mass is 9.97. The van der Waals surface area contributed by atoms with Crippen molar-refractivity contribution >= 4 is 15.9 Å². The number of amides is 1. The van der Waals surface area contributed by atoms with Crippen LogP contribution in [0.3, 0.4) is 0 Å². The summed E-state index contributed by atoms with van der Waals surface area (Å²) in [6, 6.07) is 10.7. The highest BCUT2D eigenvalue weighted by atomic mass is 32.2. The summed E-state index contributed by atoms with van der Waals surface area (Å²) >= 11 is 0. The first-order valence-electron chi connectivity index (χ1n) is 9.81. The Morgan fingerprint density at radius 3 is 2.48 bits per heavy atom. The average molecular weight is 419 g/mol. The van der Waals surface area contributed by atoms with Crippen molar-refractivity contribution in [2.24, 2.45) is 5.92 Å². The van der Waals surface area contributed by atoms with Crippen LogP contribution in [0.15, 0.2) is 47.4 Å². The topological polar surface area (TPSA) is 66.5 Å². The van der Waals surface area contributed by atoms with Gasteiger partial charge < -0.3 is 5.32 Å². The molecular weight excluding hydrogens is 391 g/mol. The molecule has 3 rings (SSSR count). The number of piperidine rings is 1. The molecule has 2 aromatic carbocycles. The molecule has 0 radical (unpaired) electrons. The first kappa shape index (κ1) is 21.5. The van der Waals surface area contributed by atoms with Crippen molar-refractivity contribution in [2.45, 2.75) is 44.6 Å². The van der Waals surface area contributed by atoms with Crippen LogP contribution in [0, 0.1) is 25.6 Å². The highest BCUT2D eigenvalue weighted by Crippen LogP contribution is 2.25. The van der Waals surface area contributed by atoms with Gasteiger partial charge in [0.15, 0.2) is 0 Å². The Morgan fingerprint density at radius 2 is 1.83 bits per heavy atom. The minimum absolute atomic E-state index is 0.0449. The molecule has 1 fully saturated rings. The Kier molecular flexibility index (Phi) is 6.39. The van der Waals surface area contributed by atoms with Gasteiger partial charge in [0.05, 0.1) is 16.9 Å². The van der Waals surface area contributed by atoms with E-state index in [0.29, 0.717) is 19.4 Å². The molecule has 0 aliphatic carbocycles. The maximum absolute atomic E-state index is 13.1. The number of hydrogen-bond donors (Lipinski definition) is 1. The van der Waals surface area contributed by atoms with Crippen molar-refractivity contribution < 1.29 is 17.6 Å². The number of benzene rings is 2. The summed E-state index contributed by atoms with van der Waals surface area (Å²) in [6.07, 6.45) is 1.25. The summed E-state index contributed by atoms with van der Waals surface area (Å²) in [5, 5.41) is 3.02. The molecule has 0 bridgehead atoms. The quantitative estimate of drug-likeness (QED) is 0.805. The van der Waals surface area contributed by atoms with E-state index in [-0.39, 0.29) is 23.4 Å². The Balaban J connectivity index is 1.68. The zero-order valence-electron chi connectivity index (χ0n) is 17.0. The van der Waals surface area contributed by atoms with Gasteiger partial charge in [0.2, 0.25) is 15.9 Å². The number of carbonyl (C=O) groups is 1. The lowest BCUT2D eigenvalue weighted by Crippen LogP contribution is -2.45. The van der Waals surface area contributed by atoms with Crippen LogP contribution in [-0.2, 0) is 14.8 Å². The number of halogens is 1. The number of sulfonamides is 1. The minimum atomic E-state index is -3.75. The summed E-state index contributed by atoms with van der Waals surface area (Å²) in [7, 11) is -3.75. The van der Waals surface area contributed by atoms with Crippen LogP contribution < -0.4 is 5.32 Å². The number of rotatable bonds is 5. The van der Waals surface area contributed by atoms with E-state index in [1.54, 1.807) is 0 Å². The smallest absolute Gasteiger partial charge is 0.243 e. The maximum atomic E-state index is 13.1.